The molecule has 124 valence electrons. The topological polar surface area (TPSA) is 52.6 Å². The normalized spacial score (nSPS) is 15.4. The SMILES string of the molecule is CN=C(NCCCN1CCCC1)NCCc1ccccn1.I. The molecule has 22 heavy (non-hydrogen) atoms. The van der Waals surface area contributed by atoms with E-state index in [0.29, 0.717) is 0 Å². The average molecular weight is 417 g/mol. The van der Waals surface area contributed by atoms with E-state index in [-0.39, 0.29) is 24.0 Å². The van der Waals surface area contributed by atoms with Gasteiger partial charge in [0.05, 0.1) is 0 Å². The Morgan fingerprint density at radius 2 is 2.00 bits per heavy atom. The highest BCUT2D eigenvalue weighted by molar-refractivity contribution is 14.0. The lowest BCUT2D eigenvalue weighted by atomic mass is 10.3. The van der Waals surface area contributed by atoms with Gasteiger partial charge in [0.1, 0.15) is 0 Å². The van der Waals surface area contributed by atoms with E-state index < -0.39 is 0 Å². The molecule has 0 aromatic carbocycles. The van der Waals surface area contributed by atoms with Crippen molar-refractivity contribution < 1.29 is 0 Å². The van der Waals surface area contributed by atoms with Crippen molar-refractivity contribution in [1.29, 1.82) is 0 Å². The summed E-state index contributed by atoms with van der Waals surface area (Å²) in [6.45, 7) is 5.56. The summed E-state index contributed by atoms with van der Waals surface area (Å²) >= 11 is 0. The van der Waals surface area contributed by atoms with Gasteiger partial charge < -0.3 is 15.5 Å². The van der Waals surface area contributed by atoms with Crippen LogP contribution in [0.3, 0.4) is 0 Å². The van der Waals surface area contributed by atoms with Crippen molar-refractivity contribution >= 4 is 29.9 Å². The molecule has 6 heteroatoms. The molecule has 1 fully saturated rings. The summed E-state index contributed by atoms with van der Waals surface area (Å²) in [5.74, 6) is 0.882. The van der Waals surface area contributed by atoms with Gasteiger partial charge in [0, 0.05) is 38.4 Å². The van der Waals surface area contributed by atoms with E-state index in [1.54, 1.807) is 0 Å². The fraction of sp³-hybridized carbons (Fsp3) is 0.625. The van der Waals surface area contributed by atoms with Gasteiger partial charge in [0.2, 0.25) is 0 Å². The van der Waals surface area contributed by atoms with Crippen LogP contribution in [-0.2, 0) is 6.42 Å². The van der Waals surface area contributed by atoms with Gasteiger partial charge in [-0.3, -0.25) is 9.98 Å². The molecular formula is C16H28IN5. The molecule has 0 radical (unpaired) electrons. The summed E-state index contributed by atoms with van der Waals surface area (Å²) in [5, 5.41) is 6.70. The molecule has 0 atom stereocenters. The number of nitrogens with one attached hydrogen (secondary N) is 2. The minimum Gasteiger partial charge on any atom is -0.356 e. The highest BCUT2D eigenvalue weighted by atomic mass is 127. The van der Waals surface area contributed by atoms with Crippen molar-refractivity contribution in [2.45, 2.75) is 25.7 Å². The predicted octanol–water partition coefficient (Wildman–Crippen LogP) is 1.89. The van der Waals surface area contributed by atoms with Gasteiger partial charge in [-0.15, -0.1) is 24.0 Å². The fourth-order valence-electron chi connectivity index (χ4n) is 2.59. The summed E-state index contributed by atoms with van der Waals surface area (Å²) in [4.78, 5) is 11.1. The third-order valence-corrected chi connectivity index (χ3v) is 3.77. The first-order valence-corrected chi connectivity index (χ1v) is 7.95. The van der Waals surface area contributed by atoms with Gasteiger partial charge in [0.25, 0.3) is 0 Å². The number of pyridine rings is 1. The van der Waals surface area contributed by atoms with Crippen molar-refractivity contribution in [2.24, 2.45) is 4.99 Å². The van der Waals surface area contributed by atoms with Crippen LogP contribution in [0, 0.1) is 0 Å². The zero-order valence-corrected chi connectivity index (χ0v) is 15.8. The quantitative estimate of drug-likeness (QED) is 0.308. The predicted molar refractivity (Wildman–Crippen MR) is 103 cm³/mol. The van der Waals surface area contributed by atoms with Gasteiger partial charge in [-0.25, -0.2) is 0 Å². The molecule has 0 spiro atoms. The third kappa shape index (κ3) is 7.40. The highest BCUT2D eigenvalue weighted by Crippen LogP contribution is 2.06. The van der Waals surface area contributed by atoms with Crippen molar-refractivity contribution in [3.8, 4) is 0 Å². The van der Waals surface area contributed by atoms with Crippen LogP contribution in [-0.4, -0.2) is 55.6 Å². The van der Waals surface area contributed by atoms with Crippen LogP contribution in [0.2, 0.25) is 0 Å². The fourth-order valence-corrected chi connectivity index (χ4v) is 2.59. The molecule has 1 aromatic heterocycles. The summed E-state index contributed by atoms with van der Waals surface area (Å²) in [7, 11) is 1.82. The highest BCUT2D eigenvalue weighted by Gasteiger charge is 2.10. The lowest BCUT2D eigenvalue weighted by molar-refractivity contribution is 0.334. The number of rotatable bonds is 7. The summed E-state index contributed by atoms with van der Waals surface area (Å²) in [5.41, 5.74) is 1.11. The second-order valence-electron chi connectivity index (χ2n) is 5.40. The second-order valence-corrected chi connectivity index (χ2v) is 5.40. The zero-order valence-electron chi connectivity index (χ0n) is 13.4. The standard InChI is InChI=1S/C16H27N5.HI/c1-17-16(19-10-6-14-21-12-4-5-13-21)20-11-8-15-7-2-3-9-18-15;/h2-3,7,9H,4-6,8,10-14H2,1H3,(H2,17,19,20);1H. The van der Waals surface area contributed by atoms with Gasteiger partial charge >= 0.3 is 0 Å². The Kier molecular flexibility index (Phi) is 10.1. The van der Waals surface area contributed by atoms with Gasteiger partial charge in [-0.1, -0.05) is 6.07 Å². The molecule has 0 aliphatic carbocycles. The lowest BCUT2D eigenvalue weighted by Crippen LogP contribution is -2.39. The summed E-state index contributed by atoms with van der Waals surface area (Å²) in [6.07, 6.45) is 6.64. The minimum absolute atomic E-state index is 0. The molecule has 5 nitrogen and oxygen atoms in total. The van der Waals surface area contributed by atoms with Crippen molar-refractivity contribution in [3.05, 3.63) is 30.1 Å². The molecule has 1 aliphatic rings. The summed E-state index contributed by atoms with van der Waals surface area (Å²) in [6, 6.07) is 6.01. The zero-order chi connectivity index (χ0) is 14.8. The molecular weight excluding hydrogens is 389 g/mol. The molecule has 2 heterocycles. The Balaban J connectivity index is 0.00000242. The summed E-state index contributed by atoms with van der Waals surface area (Å²) < 4.78 is 0. The smallest absolute Gasteiger partial charge is 0.190 e. The van der Waals surface area contributed by atoms with Crippen molar-refractivity contribution in [1.82, 2.24) is 20.5 Å². The number of aromatic nitrogens is 1. The largest absolute Gasteiger partial charge is 0.356 e. The van der Waals surface area contributed by atoms with Crippen LogP contribution in [0.25, 0.3) is 0 Å². The van der Waals surface area contributed by atoms with E-state index in [0.717, 1.165) is 31.2 Å². The molecule has 0 saturated carbocycles. The molecule has 2 rings (SSSR count). The molecule has 0 unspecified atom stereocenters. The Morgan fingerprint density at radius 1 is 1.23 bits per heavy atom. The van der Waals surface area contributed by atoms with Crippen molar-refractivity contribution in [3.63, 3.8) is 0 Å². The van der Waals surface area contributed by atoms with Gasteiger partial charge in [-0.2, -0.15) is 0 Å². The van der Waals surface area contributed by atoms with E-state index in [1.165, 1.54) is 38.9 Å². The maximum atomic E-state index is 4.32. The van der Waals surface area contributed by atoms with E-state index in [9.17, 15) is 0 Å². The van der Waals surface area contributed by atoms with Crippen LogP contribution < -0.4 is 10.6 Å². The Labute approximate surface area is 151 Å². The Hall–Kier alpha value is -0.890. The maximum Gasteiger partial charge on any atom is 0.190 e. The monoisotopic (exact) mass is 417 g/mol. The number of likely N-dealkylation sites (tertiary alicyclic amines) is 1. The molecule has 1 aliphatic heterocycles. The molecule has 0 bridgehead atoms. The van der Waals surface area contributed by atoms with E-state index in [1.807, 2.05) is 31.4 Å². The van der Waals surface area contributed by atoms with E-state index in [4.69, 9.17) is 0 Å². The second kappa shape index (κ2) is 11.6. The van der Waals surface area contributed by atoms with Crippen LogP contribution in [0.1, 0.15) is 25.0 Å². The van der Waals surface area contributed by atoms with Crippen LogP contribution in [0.4, 0.5) is 0 Å². The molecule has 1 saturated heterocycles. The minimum atomic E-state index is 0. The van der Waals surface area contributed by atoms with Crippen molar-refractivity contribution in [2.75, 3.05) is 39.8 Å². The number of hydrogen-bond donors (Lipinski definition) is 2. The first kappa shape index (κ1) is 19.2. The van der Waals surface area contributed by atoms with Crippen LogP contribution >= 0.6 is 24.0 Å². The number of guanidine groups is 1. The van der Waals surface area contributed by atoms with Gasteiger partial charge in [-0.05, 0) is 51.0 Å². The number of nitrogens with zero attached hydrogens (tertiary/aromatic N) is 3. The molecule has 2 N–H and O–H groups in total. The molecule has 1 aromatic rings. The first-order valence-electron chi connectivity index (χ1n) is 7.95. The van der Waals surface area contributed by atoms with Crippen LogP contribution in [0.15, 0.2) is 29.4 Å². The Morgan fingerprint density at radius 3 is 2.68 bits per heavy atom. The van der Waals surface area contributed by atoms with Crippen LogP contribution in [0.5, 0.6) is 0 Å². The Bertz CT molecular complexity index is 418. The first-order chi connectivity index (χ1) is 10.4. The number of halogens is 1. The third-order valence-electron chi connectivity index (χ3n) is 3.77. The van der Waals surface area contributed by atoms with Gasteiger partial charge in [0.15, 0.2) is 5.96 Å². The lowest BCUT2D eigenvalue weighted by Gasteiger charge is -2.15. The van der Waals surface area contributed by atoms with E-state index >= 15 is 0 Å². The van der Waals surface area contributed by atoms with E-state index in [2.05, 4.69) is 25.5 Å². The molecule has 0 amide bonds. The maximum absolute atomic E-state index is 4.32. The average Bonchev–Trinajstić information content (AvgIpc) is 3.04. The number of hydrogen-bond acceptors (Lipinski definition) is 3. The number of aliphatic imine (C=N–C) groups is 1.